The van der Waals surface area contributed by atoms with Gasteiger partial charge in [-0.3, -0.25) is 9.78 Å². The van der Waals surface area contributed by atoms with Crippen LogP contribution in [0.1, 0.15) is 36.5 Å². The smallest absolute Gasteiger partial charge is 0.368 e. The van der Waals surface area contributed by atoms with E-state index in [9.17, 15) is 26.7 Å². The molecule has 5 nitrogen and oxygen atoms in total. The number of halogens is 5. The van der Waals surface area contributed by atoms with Crippen molar-refractivity contribution in [1.29, 1.82) is 0 Å². The molecule has 2 aromatic rings. The van der Waals surface area contributed by atoms with E-state index in [1.807, 2.05) is 10.2 Å². The van der Waals surface area contributed by atoms with E-state index in [-0.39, 0.29) is 16.7 Å². The summed E-state index contributed by atoms with van der Waals surface area (Å²) in [5.41, 5.74) is 0.819. The molecule has 2 N–H and O–H groups in total. The van der Waals surface area contributed by atoms with Gasteiger partial charge in [-0.25, -0.2) is 8.78 Å². The molecular weight excluding hydrogens is 431 g/mol. The second-order valence-electron chi connectivity index (χ2n) is 8.43. The van der Waals surface area contributed by atoms with E-state index in [1.165, 1.54) is 18.5 Å². The molecule has 0 saturated carbocycles. The van der Waals surface area contributed by atoms with Crippen molar-refractivity contribution in [3.8, 4) is 11.1 Å². The lowest BCUT2D eigenvalue weighted by Crippen LogP contribution is -2.44. The van der Waals surface area contributed by atoms with Crippen LogP contribution in [-0.2, 0) is 0 Å². The Morgan fingerprint density at radius 2 is 2.00 bits per heavy atom. The topological polar surface area (TPSA) is 57.3 Å². The maximum Gasteiger partial charge on any atom is 0.408 e. The van der Waals surface area contributed by atoms with Crippen LogP contribution >= 0.6 is 0 Å². The summed E-state index contributed by atoms with van der Waals surface area (Å²) < 4.78 is 66.5. The first kappa shape index (κ1) is 22.4. The van der Waals surface area contributed by atoms with Crippen molar-refractivity contribution in [1.82, 2.24) is 15.6 Å². The number of carbonyl (C=O) groups is 1. The molecule has 2 aliphatic heterocycles. The molecule has 172 valence electrons. The Kier molecular flexibility index (Phi) is 5.83. The number of benzene rings is 1. The van der Waals surface area contributed by atoms with Crippen LogP contribution in [0.25, 0.3) is 11.1 Å². The van der Waals surface area contributed by atoms with Crippen LogP contribution in [0, 0.1) is 11.6 Å². The molecular formula is C22H23F5N4O. The molecule has 1 spiro atoms. The summed E-state index contributed by atoms with van der Waals surface area (Å²) in [6.07, 6.45) is 0.778. The highest BCUT2D eigenvalue weighted by molar-refractivity contribution is 6.03. The number of pyridine rings is 1. The summed E-state index contributed by atoms with van der Waals surface area (Å²) >= 11 is 0. The average Bonchev–Trinajstić information content (AvgIpc) is 3.38. The van der Waals surface area contributed by atoms with Crippen molar-refractivity contribution in [2.24, 2.45) is 0 Å². The highest BCUT2D eigenvalue weighted by Crippen LogP contribution is 2.40. The summed E-state index contributed by atoms with van der Waals surface area (Å²) in [5.74, 6) is -3.02. The van der Waals surface area contributed by atoms with Crippen molar-refractivity contribution in [3.63, 3.8) is 0 Å². The quantitative estimate of drug-likeness (QED) is 0.685. The number of nitrogens with zero attached hydrogens (tertiary/aromatic N) is 2. The van der Waals surface area contributed by atoms with Gasteiger partial charge in [0, 0.05) is 36.6 Å². The second-order valence-corrected chi connectivity index (χ2v) is 8.43. The zero-order valence-electron chi connectivity index (χ0n) is 17.4. The Hall–Kier alpha value is -2.75. The van der Waals surface area contributed by atoms with Gasteiger partial charge < -0.3 is 15.5 Å². The van der Waals surface area contributed by atoms with E-state index in [2.05, 4.69) is 10.3 Å². The minimum Gasteiger partial charge on any atom is -0.368 e. The van der Waals surface area contributed by atoms with Gasteiger partial charge in [0.1, 0.15) is 6.04 Å². The van der Waals surface area contributed by atoms with Gasteiger partial charge in [-0.05, 0) is 50.4 Å². The summed E-state index contributed by atoms with van der Waals surface area (Å²) in [5, 5.41) is 5.47. The number of alkyl halides is 3. The summed E-state index contributed by atoms with van der Waals surface area (Å²) in [4.78, 5) is 18.8. The Morgan fingerprint density at radius 3 is 2.66 bits per heavy atom. The first-order chi connectivity index (χ1) is 15.1. The maximum atomic E-state index is 14.0. The predicted octanol–water partition coefficient (Wildman–Crippen LogP) is 4.04. The minimum absolute atomic E-state index is 0.0432. The van der Waals surface area contributed by atoms with Crippen molar-refractivity contribution in [3.05, 3.63) is 47.8 Å². The molecule has 2 aliphatic rings. The zero-order chi connectivity index (χ0) is 23.1. The summed E-state index contributed by atoms with van der Waals surface area (Å²) in [7, 11) is 0. The van der Waals surface area contributed by atoms with Gasteiger partial charge in [0.2, 0.25) is 0 Å². The number of rotatable bonds is 4. The first-order valence-corrected chi connectivity index (χ1v) is 10.4. The first-order valence-electron chi connectivity index (χ1n) is 10.4. The molecule has 0 aliphatic carbocycles. The Bertz CT molecular complexity index is 1020. The Morgan fingerprint density at radius 1 is 1.22 bits per heavy atom. The third-order valence-corrected chi connectivity index (χ3v) is 6.23. The lowest BCUT2D eigenvalue weighted by atomic mass is 9.96. The molecule has 4 rings (SSSR count). The van der Waals surface area contributed by atoms with Gasteiger partial charge in [0.05, 0.1) is 11.3 Å². The Balaban J connectivity index is 1.77. The van der Waals surface area contributed by atoms with Gasteiger partial charge in [-0.1, -0.05) is 6.07 Å². The number of hydrogen-bond acceptors (Lipinski definition) is 4. The largest absolute Gasteiger partial charge is 0.408 e. The van der Waals surface area contributed by atoms with E-state index < -0.39 is 29.8 Å². The minimum atomic E-state index is -4.60. The highest BCUT2D eigenvalue weighted by Gasteiger charge is 2.42. The normalized spacial score (nSPS) is 21.9. The predicted molar refractivity (Wildman–Crippen MR) is 109 cm³/mol. The second kappa shape index (κ2) is 8.31. The zero-order valence-corrected chi connectivity index (χ0v) is 17.4. The molecule has 3 heterocycles. The summed E-state index contributed by atoms with van der Waals surface area (Å²) in [6, 6.07) is 1.27. The van der Waals surface area contributed by atoms with Crippen LogP contribution in [0.5, 0.6) is 0 Å². The molecule has 2 fully saturated rings. The fourth-order valence-corrected chi connectivity index (χ4v) is 4.47. The van der Waals surface area contributed by atoms with Gasteiger partial charge in [-0.2, -0.15) is 13.2 Å². The van der Waals surface area contributed by atoms with E-state index in [0.29, 0.717) is 24.3 Å². The standard InChI is InChI=1S/C22H23F5N4O/c1-13(22(25,26)27)30-20(32)16-11-28-10-15(14-3-4-17(23)18(24)9-14)19(16)31-8-6-21(12-31)5-2-7-29-21/h3-4,9-11,13,29H,2,5-8,12H2,1H3,(H,30,32)/t13-,21?/m1/s1. The Labute approximate surface area is 182 Å². The molecule has 10 heteroatoms. The molecule has 0 bridgehead atoms. The number of amides is 1. The molecule has 1 amide bonds. The average molecular weight is 454 g/mol. The van der Waals surface area contributed by atoms with Crippen LogP contribution in [0.15, 0.2) is 30.6 Å². The van der Waals surface area contributed by atoms with Crippen LogP contribution in [0.4, 0.5) is 27.6 Å². The van der Waals surface area contributed by atoms with E-state index >= 15 is 0 Å². The molecule has 1 unspecified atom stereocenters. The lowest BCUT2D eigenvalue weighted by Gasteiger charge is -2.28. The SMILES string of the molecule is C[C@@H](NC(=O)c1cncc(-c2ccc(F)c(F)c2)c1N1CCC2(CCCN2)C1)C(F)(F)F. The number of anilines is 1. The molecule has 2 saturated heterocycles. The van der Waals surface area contributed by atoms with Gasteiger partial charge in [-0.15, -0.1) is 0 Å². The molecule has 1 aromatic carbocycles. The van der Waals surface area contributed by atoms with Crippen molar-refractivity contribution < 1.29 is 26.7 Å². The van der Waals surface area contributed by atoms with Crippen molar-refractivity contribution in [2.75, 3.05) is 24.5 Å². The van der Waals surface area contributed by atoms with Gasteiger partial charge in [0.15, 0.2) is 11.6 Å². The number of nitrogens with one attached hydrogen (secondary N) is 2. The lowest BCUT2D eigenvalue weighted by molar-refractivity contribution is -0.149. The van der Waals surface area contributed by atoms with Gasteiger partial charge in [0.25, 0.3) is 5.91 Å². The maximum absolute atomic E-state index is 14.0. The fraction of sp³-hybridized carbons (Fsp3) is 0.455. The van der Waals surface area contributed by atoms with Gasteiger partial charge >= 0.3 is 6.18 Å². The monoisotopic (exact) mass is 454 g/mol. The summed E-state index contributed by atoms with van der Waals surface area (Å²) in [6.45, 7) is 2.83. The number of aromatic nitrogens is 1. The third-order valence-electron chi connectivity index (χ3n) is 6.23. The molecule has 1 aromatic heterocycles. The van der Waals surface area contributed by atoms with E-state index in [1.54, 1.807) is 0 Å². The molecule has 32 heavy (non-hydrogen) atoms. The molecule has 0 radical (unpaired) electrons. The van der Waals surface area contributed by atoms with Crippen molar-refractivity contribution >= 4 is 11.6 Å². The van der Waals surface area contributed by atoms with E-state index in [0.717, 1.165) is 44.9 Å². The third kappa shape index (κ3) is 4.28. The number of carbonyl (C=O) groups excluding carboxylic acids is 1. The van der Waals surface area contributed by atoms with Crippen LogP contribution in [0.2, 0.25) is 0 Å². The van der Waals surface area contributed by atoms with Crippen LogP contribution < -0.4 is 15.5 Å². The van der Waals surface area contributed by atoms with Crippen LogP contribution in [-0.4, -0.2) is 48.3 Å². The number of hydrogen-bond donors (Lipinski definition) is 2. The fourth-order valence-electron chi connectivity index (χ4n) is 4.47. The van der Waals surface area contributed by atoms with Crippen molar-refractivity contribution in [2.45, 2.75) is 43.9 Å². The van der Waals surface area contributed by atoms with E-state index in [4.69, 9.17) is 0 Å². The molecule has 2 atom stereocenters. The highest BCUT2D eigenvalue weighted by atomic mass is 19.4. The van der Waals surface area contributed by atoms with Crippen LogP contribution in [0.3, 0.4) is 0 Å².